The first-order valence-corrected chi connectivity index (χ1v) is 7.51. The van der Waals surface area contributed by atoms with Gasteiger partial charge in [-0.3, -0.25) is 0 Å². The molecule has 0 radical (unpaired) electrons. The molecule has 2 atom stereocenters. The fraction of sp³-hybridized carbons (Fsp3) is 0.625. The van der Waals surface area contributed by atoms with Crippen molar-refractivity contribution in [3.8, 4) is 0 Å². The molecule has 0 aromatic heterocycles. The summed E-state index contributed by atoms with van der Waals surface area (Å²) >= 11 is 6.33. The third-order valence-corrected chi connectivity index (χ3v) is 4.27. The van der Waals surface area contributed by atoms with Crippen LogP contribution in [-0.2, 0) is 0 Å². The predicted molar refractivity (Wildman–Crippen MR) is 79.2 cm³/mol. The van der Waals surface area contributed by atoms with Crippen LogP contribution < -0.4 is 5.32 Å². The van der Waals surface area contributed by atoms with Gasteiger partial charge >= 0.3 is 0 Å². The third kappa shape index (κ3) is 3.49. The normalized spacial score (nSPS) is 23.8. The van der Waals surface area contributed by atoms with Gasteiger partial charge in [-0.05, 0) is 55.3 Å². The molecule has 0 aliphatic heterocycles. The molecule has 0 saturated heterocycles. The van der Waals surface area contributed by atoms with Crippen molar-refractivity contribution in [2.45, 2.75) is 39.0 Å². The van der Waals surface area contributed by atoms with Crippen LogP contribution in [-0.4, -0.2) is 13.1 Å². The maximum atomic E-state index is 6.33. The van der Waals surface area contributed by atoms with Crippen LogP contribution in [0.4, 0.5) is 0 Å². The van der Waals surface area contributed by atoms with E-state index >= 15 is 0 Å². The smallest absolute Gasteiger partial charge is 0.0440 e. The minimum absolute atomic E-state index is 0.651. The quantitative estimate of drug-likeness (QED) is 0.828. The molecule has 1 saturated carbocycles. The lowest BCUT2D eigenvalue weighted by atomic mass is 9.88. The van der Waals surface area contributed by atoms with Crippen LogP contribution in [0, 0.1) is 11.8 Å². The summed E-state index contributed by atoms with van der Waals surface area (Å²) in [5.74, 6) is 2.13. The Morgan fingerprint density at radius 2 is 2.06 bits per heavy atom. The molecule has 0 amide bonds. The Kier molecular flexibility index (Phi) is 5.08. The van der Waals surface area contributed by atoms with Crippen molar-refractivity contribution in [1.29, 1.82) is 0 Å². The molecular weight excluding hydrogens is 242 g/mol. The van der Waals surface area contributed by atoms with Gasteiger partial charge in [0, 0.05) is 5.02 Å². The molecule has 1 N–H and O–H groups in total. The molecule has 2 unspecified atom stereocenters. The number of hydrogen-bond donors (Lipinski definition) is 1. The molecule has 100 valence electrons. The molecule has 1 aliphatic carbocycles. The maximum absolute atomic E-state index is 6.33. The number of benzene rings is 1. The standard InChI is InChI=1S/C16H24ClN/c1-12(2)10-18-11-13-6-5-8-14(13)15-7-3-4-9-16(15)17/h3-4,7,9,12-14,18H,5-6,8,10-11H2,1-2H3. The van der Waals surface area contributed by atoms with Gasteiger partial charge in [-0.15, -0.1) is 0 Å². The zero-order valence-electron chi connectivity index (χ0n) is 11.5. The van der Waals surface area contributed by atoms with E-state index in [1.165, 1.54) is 24.8 Å². The second-order valence-electron chi connectivity index (χ2n) is 5.87. The molecule has 2 heteroatoms. The Labute approximate surface area is 116 Å². The van der Waals surface area contributed by atoms with Crippen LogP contribution >= 0.6 is 11.6 Å². The van der Waals surface area contributed by atoms with E-state index < -0.39 is 0 Å². The summed E-state index contributed by atoms with van der Waals surface area (Å²) in [5.41, 5.74) is 1.35. The van der Waals surface area contributed by atoms with Gasteiger partial charge < -0.3 is 5.32 Å². The lowest BCUT2D eigenvalue weighted by Crippen LogP contribution is -2.27. The minimum Gasteiger partial charge on any atom is -0.316 e. The summed E-state index contributed by atoms with van der Waals surface area (Å²) in [6.45, 7) is 6.76. The number of halogens is 1. The molecule has 1 aromatic rings. The maximum Gasteiger partial charge on any atom is 0.0440 e. The second kappa shape index (κ2) is 6.58. The second-order valence-corrected chi connectivity index (χ2v) is 6.28. The predicted octanol–water partition coefficient (Wildman–Crippen LogP) is 4.47. The van der Waals surface area contributed by atoms with Gasteiger partial charge in [-0.1, -0.05) is 50.1 Å². The minimum atomic E-state index is 0.651. The lowest BCUT2D eigenvalue weighted by Gasteiger charge is -2.22. The summed E-state index contributed by atoms with van der Waals surface area (Å²) in [4.78, 5) is 0. The van der Waals surface area contributed by atoms with Crippen molar-refractivity contribution < 1.29 is 0 Å². The van der Waals surface area contributed by atoms with Crippen molar-refractivity contribution in [2.75, 3.05) is 13.1 Å². The van der Waals surface area contributed by atoms with Gasteiger partial charge in [-0.2, -0.15) is 0 Å². The zero-order valence-corrected chi connectivity index (χ0v) is 12.2. The van der Waals surface area contributed by atoms with E-state index in [9.17, 15) is 0 Å². The van der Waals surface area contributed by atoms with Crippen LogP contribution in [0.15, 0.2) is 24.3 Å². The van der Waals surface area contributed by atoms with Gasteiger partial charge in [0.1, 0.15) is 0 Å². The van der Waals surface area contributed by atoms with E-state index in [1.54, 1.807) is 0 Å². The Morgan fingerprint density at radius 1 is 1.28 bits per heavy atom. The van der Waals surface area contributed by atoms with Crippen molar-refractivity contribution in [2.24, 2.45) is 11.8 Å². The molecule has 1 aromatic carbocycles. The topological polar surface area (TPSA) is 12.0 Å². The van der Waals surface area contributed by atoms with Gasteiger partial charge in [0.2, 0.25) is 0 Å². The van der Waals surface area contributed by atoms with E-state index in [-0.39, 0.29) is 0 Å². The van der Waals surface area contributed by atoms with Gasteiger partial charge in [0.15, 0.2) is 0 Å². The van der Waals surface area contributed by atoms with E-state index in [0.29, 0.717) is 5.92 Å². The Bertz CT molecular complexity index is 375. The number of rotatable bonds is 5. The molecule has 0 spiro atoms. The van der Waals surface area contributed by atoms with Crippen molar-refractivity contribution in [3.05, 3.63) is 34.9 Å². The SMILES string of the molecule is CC(C)CNCC1CCCC1c1ccccc1Cl. The van der Waals surface area contributed by atoms with Gasteiger partial charge in [0.05, 0.1) is 0 Å². The average molecular weight is 266 g/mol. The Balaban J connectivity index is 1.97. The van der Waals surface area contributed by atoms with Crippen molar-refractivity contribution >= 4 is 11.6 Å². The summed E-state index contributed by atoms with van der Waals surface area (Å²) < 4.78 is 0. The Morgan fingerprint density at radius 3 is 2.78 bits per heavy atom. The van der Waals surface area contributed by atoms with Crippen LogP contribution in [0.5, 0.6) is 0 Å². The van der Waals surface area contributed by atoms with Crippen molar-refractivity contribution in [1.82, 2.24) is 5.32 Å². The van der Waals surface area contributed by atoms with Gasteiger partial charge in [0.25, 0.3) is 0 Å². The number of nitrogens with one attached hydrogen (secondary N) is 1. The highest BCUT2D eigenvalue weighted by Crippen LogP contribution is 2.41. The first-order chi connectivity index (χ1) is 8.68. The monoisotopic (exact) mass is 265 g/mol. The molecular formula is C16H24ClN. The van der Waals surface area contributed by atoms with Crippen molar-refractivity contribution in [3.63, 3.8) is 0 Å². The largest absolute Gasteiger partial charge is 0.316 e. The van der Waals surface area contributed by atoms with E-state index in [0.717, 1.165) is 29.9 Å². The molecule has 1 fully saturated rings. The fourth-order valence-corrected chi connectivity index (χ4v) is 3.30. The average Bonchev–Trinajstić information content (AvgIpc) is 2.77. The van der Waals surface area contributed by atoms with E-state index in [2.05, 4.69) is 31.3 Å². The summed E-state index contributed by atoms with van der Waals surface area (Å²) in [7, 11) is 0. The summed E-state index contributed by atoms with van der Waals surface area (Å²) in [5, 5.41) is 4.55. The van der Waals surface area contributed by atoms with Crippen LogP contribution in [0.1, 0.15) is 44.6 Å². The summed E-state index contributed by atoms with van der Waals surface area (Å²) in [6.07, 6.45) is 3.96. The molecule has 1 nitrogen and oxygen atoms in total. The van der Waals surface area contributed by atoms with Gasteiger partial charge in [-0.25, -0.2) is 0 Å². The lowest BCUT2D eigenvalue weighted by molar-refractivity contribution is 0.425. The number of hydrogen-bond acceptors (Lipinski definition) is 1. The van der Waals surface area contributed by atoms with Crippen LogP contribution in [0.2, 0.25) is 5.02 Å². The molecule has 2 rings (SSSR count). The first kappa shape index (κ1) is 13.9. The molecule has 0 bridgehead atoms. The van der Waals surface area contributed by atoms with E-state index in [1.807, 2.05) is 12.1 Å². The fourth-order valence-electron chi connectivity index (χ4n) is 3.02. The highest BCUT2D eigenvalue weighted by molar-refractivity contribution is 6.31. The zero-order chi connectivity index (χ0) is 13.0. The molecule has 0 heterocycles. The highest BCUT2D eigenvalue weighted by Gasteiger charge is 2.29. The Hall–Kier alpha value is -0.530. The molecule has 18 heavy (non-hydrogen) atoms. The van der Waals surface area contributed by atoms with Crippen LogP contribution in [0.25, 0.3) is 0 Å². The molecule has 1 aliphatic rings. The first-order valence-electron chi connectivity index (χ1n) is 7.13. The highest BCUT2D eigenvalue weighted by atomic mass is 35.5. The van der Waals surface area contributed by atoms with E-state index in [4.69, 9.17) is 11.6 Å². The summed E-state index contributed by atoms with van der Waals surface area (Å²) in [6, 6.07) is 8.35. The van der Waals surface area contributed by atoms with Crippen LogP contribution in [0.3, 0.4) is 0 Å². The third-order valence-electron chi connectivity index (χ3n) is 3.92.